The van der Waals surface area contributed by atoms with Crippen molar-refractivity contribution >= 4 is 8.01 Å². The van der Waals surface area contributed by atoms with Crippen molar-refractivity contribution in [2.24, 2.45) is 11.0 Å². The molecule has 0 bridgehead atoms. The van der Waals surface area contributed by atoms with Gasteiger partial charge in [0.05, 0.1) is 0 Å². The van der Waals surface area contributed by atoms with Crippen molar-refractivity contribution in [1.29, 1.82) is 5.16 Å². The predicted octanol–water partition coefficient (Wildman–Crippen LogP) is 3.33. The van der Waals surface area contributed by atoms with E-state index in [-0.39, 0.29) is 0 Å². The Balaban J connectivity index is 0.000000280. The van der Waals surface area contributed by atoms with Gasteiger partial charge in [-0.2, -0.15) is 0 Å². The minimum Gasteiger partial charge on any atom is -0.121 e. The number of nitrogens with two attached hydrogens (primary N) is 2. The highest BCUT2D eigenvalue weighted by atomic mass is 31.1. The lowest BCUT2D eigenvalue weighted by Crippen LogP contribution is -1.84. The summed E-state index contributed by atoms with van der Waals surface area (Å²) in [5.74, 6) is 0. The molecule has 3 nitrogen and oxygen atoms in total. The third kappa shape index (κ3) is 4.80. The molecular formula is C12H15N3P+. The van der Waals surface area contributed by atoms with E-state index in [1.54, 1.807) is 0 Å². The fraction of sp³-hybridized carbons (Fsp3) is 0. The number of hydrogen-bond donors (Lipinski definition) is 3. The lowest BCUT2D eigenvalue weighted by Gasteiger charge is -1.98. The lowest BCUT2D eigenvalue weighted by atomic mass is 10.1. The zero-order chi connectivity index (χ0) is 11.8. The molecule has 0 heterocycles. The summed E-state index contributed by atoms with van der Waals surface area (Å²) in [6.07, 6.45) is 0. The highest BCUT2D eigenvalue weighted by Crippen LogP contribution is 2.17. The van der Waals surface area contributed by atoms with Crippen molar-refractivity contribution in [3.05, 3.63) is 60.7 Å². The fourth-order valence-electron chi connectivity index (χ4n) is 1.26. The van der Waals surface area contributed by atoms with Gasteiger partial charge in [-0.1, -0.05) is 65.8 Å². The first-order valence-corrected chi connectivity index (χ1v) is 6.29. The molecule has 2 rings (SSSR count). The molecule has 16 heavy (non-hydrogen) atoms. The maximum Gasteiger partial charge on any atom is 0.384 e. The summed E-state index contributed by atoms with van der Waals surface area (Å²) in [4.78, 5) is 0. The molecule has 0 amide bonds. The first kappa shape index (κ1) is 12.5. The van der Waals surface area contributed by atoms with Crippen molar-refractivity contribution in [3.63, 3.8) is 0 Å². The monoisotopic (exact) mass is 232 g/mol. The van der Waals surface area contributed by atoms with Crippen molar-refractivity contribution in [3.8, 4) is 11.1 Å². The Hall–Kier alpha value is -1.54. The van der Waals surface area contributed by atoms with Gasteiger partial charge in [-0.25, -0.2) is 0 Å². The Morgan fingerprint density at radius 2 is 0.938 bits per heavy atom. The highest BCUT2D eigenvalue weighted by Gasteiger charge is 1.91. The van der Waals surface area contributed by atoms with Gasteiger partial charge in [0.1, 0.15) is 0 Å². The number of nitrogens with one attached hydrogen (secondary N) is 1. The van der Waals surface area contributed by atoms with Gasteiger partial charge in [0.2, 0.25) is 0 Å². The molecule has 2 aromatic carbocycles. The fourth-order valence-corrected chi connectivity index (χ4v) is 1.26. The summed E-state index contributed by atoms with van der Waals surface area (Å²) in [6.45, 7) is 0. The highest BCUT2D eigenvalue weighted by molar-refractivity contribution is 7.40. The Kier molecular flexibility index (Phi) is 5.37. The van der Waals surface area contributed by atoms with Crippen LogP contribution in [0.4, 0.5) is 0 Å². The average molecular weight is 232 g/mol. The minimum atomic E-state index is -1.37. The molecule has 0 saturated carbocycles. The molecule has 4 heteroatoms. The average Bonchev–Trinajstić information content (AvgIpc) is 2.31. The third-order valence-corrected chi connectivity index (χ3v) is 1.88. The Morgan fingerprint density at radius 3 is 1.19 bits per heavy atom. The molecule has 82 valence electrons. The molecule has 0 aliphatic rings. The smallest absolute Gasteiger partial charge is 0.121 e. The summed E-state index contributed by atoms with van der Waals surface area (Å²) < 4.78 is 0. The van der Waals surface area contributed by atoms with Gasteiger partial charge in [-0.3, -0.25) is 0 Å². The van der Waals surface area contributed by atoms with Crippen LogP contribution < -0.4 is 11.0 Å². The molecule has 0 aliphatic heterocycles. The van der Waals surface area contributed by atoms with Crippen LogP contribution in [-0.4, -0.2) is 0 Å². The van der Waals surface area contributed by atoms with E-state index in [1.807, 2.05) is 12.1 Å². The van der Waals surface area contributed by atoms with Crippen molar-refractivity contribution in [2.45, 2.75) is 0 Å². The van der Waals surface area contributed by atoms with E-state index < -0.39 is 8.01 Å². The summed E-state index contributed by atoms with van der Waals surface area (Å²) in [7, 11) is -1.37. The maximum atomic E-state index is 6.20. The van der Waals surface area contributed by atoms with Crippen LogP contribution in [-0.2, 0) is 0 Å². The normalized spacial score (nSPS) is 8.88. The molecule has 0 atom stereocenters. The number of hydrogen-bond acceptors (Lipinski definition) is 1. The zero-order valence-corrected chi connectivity index (χ0v) is 9.77. The van der Waals surface area contributed by atoms with Crippen LogP contribution in [0.1, 0.15) is 0 Å². The van der Waals surface area contributed by atoms with Crippen LogP contribution in [0.5, 0.6) is 0 Å². The Labute approximate surface area is 96.5 Å². The molecule has 0 spiro atoms. The molecule has 0 fully saturated rings. The topological polar surface area (TPSA) is 75.9 Å². The van der Waals surface area contributed by atoms with Gasteiger partial charge in [0.25, 0.3) is 0 Å². The van der Waals surface area contributed by atoms with Gasteiger partial charge in [0, 0.05) is 0 Å². The SMILES string of the molecule is N=[P+](N)N.c1ccc(-c2ccccc2)cc1. The van der Waals surface area contributed by atoms with Crippen LogP contribution in [0.2, 0.25) is 0 Å². The van der Waals surface area contributed by atoms with E-state index in [0.717, 1.165) is 0 Å². The minimum absolute atomic E-state index is 1.28. The van der Waals surface area contributed by atoms with E-state index in [2.05, 4.69) is 59.5 Å². The van der Waals surface area contributed by atoms with Crippen molar-refractivity contribution < 1.29 is 0 Å². The van der Waals surface area contributed by atoms with E-state index in [0.29, 0.717) is 0 Å². The predicted molar refractivity (Wildman–Crippen MR) is 69.9 cm³/mol. The second kappa shape index (κ2) is 6.85. The second-order valence-electron chi connectivity index (χ2n) is 3.14. The van der Waals surface area contributed by atoms with E-state index in [9.17, 15) is 0 Å². The molecule has 5 N–H and O–H groups in total. The molecule has 2 aromatic rings. The summed E-state index contributed by atoms with van der Waals surface area (Å²) in [5, 5.41) is 6.20. The standard InChI is InChI=1S/C12H10.H5N3P/c1-3-7-11(8-4-1)12-9-5-2-6-10-12;1-4(2)3/h1-10H;(H5,1,2,3)/q;+1. The summed E-state index contributed by atoms with van der Waals surface area (Å²) in [6, 6.07) is 20.8. The summed E-state index contributed by atoms with van der Waals surface area (Å²) >= 11 is 0. The van der Waals surface area contributed by atoms with Gasteiger partial charge < -0.3 is 0 Å². The number of rotatable bonds is 1. The van der Waals surface area contributed by atoms with Gasteiger partial charge in [-0.05, 0) is 11.1 Å². The molecule has 0 saturated heterocycles. The Morgan fingerprint density at radius 1 is 0.688 bits per heavy atom. The van der Waals surface area contributed by atoms with Crippen molar-refractivity contribution in [1.82, 2.24) is 0 Å². The quantitative estimate of drug-likeness (QED) is 0.659. The molecule has 0 aliphatic carbocycles. The van der Waals surface area contributed by atoms with E-state index >= 15 is 0 Å². The second-order valence-corrected chi connectivity index (χ2v) is 3.95. The van der Waals surface area contributed by atoms with Gasteiger partial charge >= 0.3 is 8.01 Å². The van der Waals surface area contributed by atoms with Crippen molar-refractivity contribution in [2.75, 3.05) is 0 Å². The van der Waals surface area contributed by atoms with E-state index in [1.165, 1.54) is 11.1 Å². The van der Waals surface area contributed by atoms with Crippen LogP contribution >= 0.6 is 8.01 Å². The zero-order valence-electron chi connectivity index (χ0n) is 8.88. The van der Waals surface area contributed by atoms with Crippen LogP contribution in [0.15, 0.2) is 60.7 Å². The maximum absolute atomic E-state index is 6.20. The third-order valence-electron chi connectivity index (χ3n) is 1.88. The molecule has 0 aromatic heterocycles. The van der Waals surface area contributed by atoms with Crippen LogP contribution in [0, 0.1) is 5.16 Å². The van der Waals surface area contributed by atoms with Crippen LogP contribution in [0.25, 0.3) is 11.1 Å². The largest absolute Gasteiger partial charge is 0.384 e. The lowest BCUT2D eigenvalue weighted by molar-refractivity contribution is 1.56. The first-order chi connectivity index (χ1) is 7.70. The van der Waals surface area contributed by atoms with E-state index in [4.69, 9.17) is 5.16 Å². The first-order valence-electron chi connectivity index (χ1n) is 4.81. The summed E-state index contributed by atoms with van der Waals surface area (Å²) in [5.41, 5.74) is 11.8. The van der Waals surface area contributed by atoms with Gasteiger partial charge in [0.15, 0.2) is 0 Å². The molecule has 0 unspecified atom stereocenters. The van der Waals surface area contributed by atoms with Gasteiger partial charge in [-0.15, -0.1) is 11.0 Å². The molecule has 0 radical (unpaired) electrons. The van der Waals surface area contributed by atoms with Crippen LogP contribution in [0.3, 0.4) is 0 Å². The Bertz CT molecular complexity index is 387. The number of benzene rings is 2. The molecular weight excluding hydrogens is 217 g/mol.